The lowest BCUT2D eigenvalue weighted by Gasteiger charge is -2.44. The Morgan fingerprint density at radius 3 is 2.29 bits per heavy atom. The molecule has 1 aliphatic rings. The number of halogens is 1. The molecule has 0 bridgehead atoms. The van der Waals surface area contributed by atoms with Crippen molar-refractivity contribution in [3.05, 3.63) is 34.2 Å². The van der Waals surface area contributed by atoms with E-state index in [0.29, 0.717) is 10.8 Å². The van der Waals surface area contributed by atoms with Gasteiger partial charge in [-0.05, 0) is 48.5 Å². The van der Waals surface area contributed by atoms with Crippen molar-refractivity contribution in [1.29, 1.82) is 0 Å². The van der Waals surface area contributed by atoms with E-state index in [1.165, 1.54) is 56.9 Å². The van der Waals surface area contributed by atoms with Crippen LogP contribution in [0.5, 0.6) is 0 Å². The zero-order chi connectivity index (χ0) is 14.6. The standard InChI is InChI=1S/C18H29NO.ClH/c1-4-5-6-9-18(12-10-17(2,3)11-13-18)15-7-8-16(20)19-14-15;/h7-8,14H,4-6,9-13H2,1-3H3,(H,19,20);1H. The third-order valence-corrected chi connectivity index (χ3v) is 5.22. The van der Waals surface area contributed by atoms with Crippen molar-refractivity contribution in [3.63, 3.8) is 0 Å². The van der Waals surface area contributed by atoms with Crippen LogP contribution in [0, 0.1) is 5.41 Å². The van der Waals surface area contributed by atoms with E-state index in [9.17, 15) is 4.79 Å². The van der Waals surface area contributed by atoms with Crippen molar-refractivity contribution >= 4 is 12.4 Å². The molecule has 0 aliphatic heterocycles. The summed E-state index contributed by atoms with van der Waals surface area (Å²) in [5.41, 5.74) is 2.14. The number of unbranched alkanes of at least 4 members (excludes halogenated alkanes) is 2. The van der Waals surface area contributed by atoms with Gasteiger partial charge in [0.25, 0.3) is 0 Å². The van der Waals surface area contributed by atoms with E-state index in [1.807, 2.05) is 6.20 Å². The number of aromatic nitrogens is 1. The van der Waals surface area contributed by atoms with E-state index in [0.717, 1.165) is 0 Å². The Hall–Kier alpha value is -0.760. The highest BCUT2D eigenvalue weighted by molar-refractivity contribution is 5.85. The number of rotatable bonds is 5. The molecular formula is C18H30ClNO. The fourth-order valence-electron chi connectivity index (χ4n) is 3.54. The van der Waals surface area contributed by atoms with Gasteiger partial charge in [0, 0.05) is 12.3 Å². The lowest BCUT2D eigenvalue weighted by molar-refractivity contribution is 0.151. The second-order valence-electron chi connectivity index (χ2n) is 7.34. The van der Waals surface area contributed by atoms with Crippen molar-refractivity contribution in [3.8, 4) is 0 Å². The van der Waals surface area contributed by atoms with E-state index in [-0.39, 0.29) is 18.0 Å². The second-order valence-corrected chi connectivity index (χ2v) is 7.34. The SMILES string of the molecule is CCCCCC1(c2ccc(=O)[nH]c2)CCC(C)(C)CC1.Cl. The zero-order valence-electron chi connectivity index (χ0n) is 13.7. The smallest absolute Gasteiger partial charge is 0.247 e. The molecule has 0 radical (unpaired) electrons. The molecule has 0 spiro atoms. The van der Waals surface area contributed by atoms with Crippen LogP contribution in [0.4, 0.5) is 0 Å². The van der Waals surface area contributed by atoms with Gasteiger partial charge in [-0.15, -0.1) is 12.4 Å². The monoisotopic (exact) mass is 311 g/mol. The minimum atomic E-state index is 0. The van der Waals surface area contributed by atoms with Crippen molar-refractivity contribution in [2.45, 2.75) is 77.6 Å². The van der Waals surface area contributed by atoms with Crippen LogP contribution in [0.25, 0.3) is 0 Å². The first kappa shape index (κ1) is 18.3. The molecule has 1 aliphatic carbocycles. The topological polar surface area (TPSA) is 32.9 Å². The van der Waals surface area contributed by atoms with Crippen LogP contribution in [0.3, 0.4) is 0 Å². The normalized spacial score (nSPS) is 19.8. The molecule has 0 saturated heterocycles. The van der Waals surface area contributed by atoms with E-state index < -0.39 is 0 Å². The number of hydrogen-bond acceptors (Lipinski definition) is 1. The first-order valence-electron chi connectivity index (χ1n) is 8.17. The molecule has 1 fully saturated rings. The van der Waals surface area contributed by atoms with Gasteiger partial charge in [-0.2, -0.15) is 0 Å². The first-order chi connectivity index (χ1) is 9.47. The molecule has 21 heavy (non-hydrogen) atoms. The number of hydrogen-bond donors (Lipinski definition) is 1. The van der Waals surface area contributed by atoms with Gasteiger partial charge in [0.1, 0.15) is 0 Å². The Bertz CT molecular complexity index is 462. The molecular weight excluding hydrogens is 282 g/mol. The highest BCUT2D eigenvalue weighted by Crippen LogP contribution is 2.49. The van der Waals surface area contributed by atoms with E-state index in [1.54, 1.807) is 6.07 Å². The zero-order valence-corrected chi connectivity index (χ0v) is 14.5. The van der Waals surface area contributed by atoms with E-state index >= 15 is 0 Å². The Kier molecular flexibility index (Phi) is 6.52. The van der Waals surface area contributed by atoms with Crippen LogP contribution in [0.2, 0.25) is 0 Å². The molecule has 0 atom stereocenters. The fraction of sp³-hybridized carbons (Fsp3) is 0.722. The molecule has 1 N–H and O–H groups in total. The Balaban J connectivity index is 0.00000220. The lowest BCUT2D eigenvalue weighted by atomic mass is 9.61. The molecule has 2 nitrogen and oxygen atoms in total. The quantitative estimate of drug-likeness (QED) is 0.743. The maximum absolute atomic E-state index is 11.3. The van der Waals surface area contributed by atoms with Gasteiger partial charge in [0.05, 0.1) is 0 Å². The van der Waals surface area contributed by atoms with Crippen LogP contribution in [-0.2, 0) is 5.41 Å². The van der Waals surface area contributed by atoms with Crippen molar-refractivity contribution < 1.29 is 0 Å². The van der Waals surface area contributed by atoms with E-state index in [4.69, 9.17) is 0 Å². The summed E-state index contributed by atoms with van der Waals surface area (Å²) in [4.78, 5) is 14.2. The van der Waals surface area contributed by atoms with Gasteiger partial charge in [0.2, 0.25) is 5.56 Å². The third kappa shape index (κ3) is 4.60. The summed E-state index contributed by atoms with van der Waals surface area (Å²) in [6.07, 6.45) is 12.2. The van der Waals surface area contributed by atoms with Crippen LogP contribution in [0.15, 0.2) is 23.1 Å². The van der Waals surface area contributed by atoms with Crippen LogP contribution >= 0.6 is 12.4 Å². The number of H-pyrrole nitrogens is 1. The predicted molar refractivity (Wildman–Crippen MR) is 92.4 cm³/mol. The van der Waals surface area contributed by atoms with Crippen LogP contribution in [0.1, 0.15) is 77.7 Å². The Morgan fingerprint density at radius 2 is 1.76 bits per heavy atom. The summed E-state index contributed by atoms with van der Waals surface area (Å²) < 4.78 is 0. The van der Waals surface area contributed by atoms with Crippen molar-refractivity contribution in [2.75, 3.05) is 0 Å². The summed E-state index contributed by atoms with van der Waals surface area (Å²) in [5, 5.41) is 0. The molecule has 1 saturated carbocycles. The second kappa shape index (κ2) is 7.49. The van der Waals surface area contributed by atoms with Crippen molar-refractivity contribution in [2.24, 2.45) is 5.41 Å². The average molecular weight is 312 g/mol. The molecule has 3 heteroatoms. The lowest BCUT2D eigenvalue weighted by Crippen LogP contribution is -2.35. The summed E-state index contributed by atoms with van der Waals surface area (Å²) in [6.45, 7) is 7.03. The summed E-state index contributed by atoms with van der Waals surface area (Å²) >= 11 is 0. The largest absolute Gasteiger partial charge is 0.329 e. The van der Waals surface area contributed by atoms with Crippen LogP contribution < -0.4 is 5.56 Å². The summed E-state index contributed by atoms with van der Waals surface area (Å²) in [5.74, 6) is 0. The molecule has 1 aromatic rings. The Labute approximate surface area is 135 Å². The molecule has 0 amide bonds. The van der Waals surface area contributed by atoms with Gasteiger partial charge in [-0.25, -0.2) is 0 Å². The molecule has 0 unspecified atom stereocenters. The number of aromatic amines is 1. The maximum atomic E-state index is 11.3. The maximum Gasteiger partial charge on any atom is 0.247 e. The fourth-order valence-corrected chi connectivity index (χ4v) is 3.54. The predicted octanol–water partition coefficient (Wildman–Crippen LogP) is 5.22. The molecule has 1 aromatic heterocycles. The molecule has 2 rings (SSSR count). The van der Waals surface area contributed by atoms with Crippen molar-refractivity contribution in [1.82, 2.24) is 4.98 Å². The van der Waals surface area contributed by atoms with E-state index in [2.05, 4.69) is 31.8 Å². The van der Waals surface area contributed by atoms with Gasteiger partial charge in [-0.3, -0.25) is 4.79 Å². The van der Waals surface area contributed by atoms with Crippen LogP contribution in [-0.4, -0.2) is 4.98 Å². The Morgan fingerprint density at radius 1 is 1.10 bits per heavy atom. The molecule has 0 aromatic carbocycles. The highest BCUT2D eigenvalue weighted by atomic mass is 35.5. The number of nitrogens with one attached hydrogen (secondary N) is 1. The third-order valence-electron chi connectivity index (χ3n) is 5.22. The molecule has 120 valence electrons. The minimum absolute atomic E-state index is 0. The number of pyridine rings is 1. The van der Waals surface area contributed by atoms with Gasteiger partial charge in [0.15, 0.2) is 0 Å². The molecule has 1 heterocycles. The highest BCUT2D eigenvalue weighted by Gasteiger charge is 2.39. The average Bonchev–Trinajstić information content (AvgIpc) is 2.42. The summed E-state index contributed by atoms with van der Waals surface area (Å²) in [7, 11) is 0. The first-order valence-corrected chi connectivity index (χ1v) is 8.17. The minimum Gasteiger partial charge on any atom is -0.329 e. The van der Waals surface area contributed by atoms with Gasteiger partial charge >= 0.3 is 0 Å². The summed E-state index contributed by atoms with van der Waals surface area (Å²) in [6, 6.07) is 3.75. The van der Waals surface area contributed by atoms with Gasteiger partial charge in [-0.1, -0.05) is 46.1 Å². The van der Waals surface area contributed by atoms with Gasteiger partial charge < -0.3 is 4.98 Å².